The Kier molecular flexibility index (Phi) is 4.12. The van der Waals surface area contributed by atoms with Crippen LogP contribution in [0.1, 0.15) is 53.7 Å². The van der Waals surface area contributed by atoms with E-state index in [1.54, 1.807) is 27.1 Å². The number of hydrogen-bond acceptors (Lipinski definition) is 5. The molecule has 2 aliphatic rings. The molecule has 0 aromatic carbocycles. The first-order chi connectivity index (χ1) is 13.2. The van der Waals surface area contributed by atoms with Crippen molar-refractivity contribution in [2.45, 2.75) is 39.0 Å². The van der Waals surface area contributed by atoms with Crippen molar-refractivity contribution in [2.24, 2.45) is 0 Å². The lowest BCUT2D eigenvalue weighted by Gasteiger charge is -2.30. The van der Waals surface area contributed by atoms with Crippen LogP contribution in [-0.2, 0) is 6.42 Å². The van der Waals surface area contributed by atoms with Gasteiger partial charge in [0.1, 0.15) is 11.2 Å². The number of nitrogens with zero attached hydrogens (tertiary/aromatic N) is 5. The lowest BCUT2D eigenvalue weighted by atomic mass is 9.87. The standard InChI is InChI=1S/C19H24N6OS/c1-3-23-7-9-24(10-8-23)19(26)16-21-17-15-14-12(2)5-4-6-13(14)27-18(15)20-11-25(17)22-16/h11-12H,3-10H2,1-2H3/p+1/t12-/m0/s1. The molecule has 7 nitrogen and oxygen atoms in total. The molecular formula is C19H25N6OS+. The maximum atomic E-state index is 13.0. The fourth-order valence-corrected chi connectivity index (χ4v) is 5.79. The minimum atomic E-state index is -0.0563. The molecule has 0 bridgehead atoms. The van der Waals surface area contributed by atoms with Gasteiger partial charge in [-0.05, 0) is 37.7 Å². The van der Waals surface area contributed by atoms with Crippen LogP contribution in [0.2, 0.25) is 0 Å². The van der Waals surface area contributed by atoms with Crippen LogP contribution in [0.15, 0.2) is 6.33 Å². The molecule has 27 heavy (non-hydrogen) atoms. The van der Waals surface area contributed by atoms with E-state index in [-0.39, 0.29) is 5.91 Å². The third-order valence-electron chi connectivity index (χ3n) is 6.13. The monoisotopic (exact) mass is 385 g/mol. The molecule has 5 rings (SSSR count). The van der Waals surface area contributed by atoms with Crippen LogP contribution in [0, 0.1) is 0 Å². The van der Waals surface area contributed by atoms with Gasteiger partial charge in [-0.25, -0.2) is 14.5 Å². The fraction of sp³-hybridized carbons (Fsp3) is 0.579. The number of piperazine rings is 1. The Hall–Kier alpha value is -2.06. The van der Waals surface area contributed by atoms with E-state index in [1.807, 2.05) is 4.90 Å². The van der Waals surface area contributed by atoms with Crippen molar-refractivity contribution in [2.75, 3.05) is 32.7 Å². The predicted molar refractivity (Wildman–Crippen MR) is 105 cm³/mol. The summed E-state index contributed by atoms with van der Waals surface area (Å²) >= 11 is 1.78. The molecular weight excluding hydrogens is 360 g/mol. The van der Waals surface area contributed by atoms with Gasteiger partial charge in [0, 0.05) is 4.88 Å². The Morgan fingerprint density at radius 2 is 2.19 bits per heavy atom. The van der Waals surface area contributed by atoms with Gasteiger partial charge >= 0.3 is 0 Å². The number of nitrogens with one attached hydrogen (secondary N) is 1. The molecule has 1 saturated heterocycles. The van der Waals surface area contributed by atoms with Crippen molar-refractivity contribution in [1.82, 2.24) is 24.5 Å². The molecule has 1 N–H and O–H groups in total. The Labute approximate surface area is 162 Å². The predicted octanol–water partition coefficient (Wildman–Crippen LogP) is 1.14. The Bertz CT molecular complexity index is 1020. The van der Waals surface area contributed by atoms with Gasteiger partial charge in [-0.3, -0.25) is 4.79 Å². The van der Waals surface area contributed by atoms with Crippen molar-refractivity contribution in [3.05, 3.63) is 22.6 Å². The average molecular weight is 386 g/mol. The van der Waals surface area contributed by atoms with Crippen molar-refractivity contribution in [3.63, 3.8) is 0 Å². The first-order valence-corrected chi connectivity index (χ1v) is 10.8. The van der Waals surface area contributed by atoms with E-state index < -0.39 is 0 Å². The van der Waals surface area contributed by atoms with Crippen molar-refractivity contribution in [3.8, 4) is 0 Å². The normalized spacial score (nSPS) is 21.1. The largest absolute Gasteiger partial charge is 0.332 e. The molecule has 0 spiro atoms. The summed E-state index contributed by atoms with van der Waals surface area (Å²) < 4.78 is 1.69. The highest BCUT2D eigenvalue weighted by Gasteiger charge is 2.29. The van der Waals surface area contributed by atoms with Gasteiger partial charge in [-0.1, -0.05) is 6.92 Å². The number of aromatic nitrogens is 4. The van der Waals surface area contributed by atoms with E-state index in [0.717, 1.165) is 55.0 Å². The van der Waals surface area contributed by atoms with Crippen molar-refractivity contribution < 1.29 is 9.69 Å². The number of hydrogen-bond donors (Lipinski definition) is 1. The molecule has 1 fully saturated rings. The molecule has 0 unspecified atom stereocenters. The summed E-state index contributed by atoms with van der Waals surface area (Å²) in [5.41, 5.74) is 2.17. The maximum absolute atomic E-state index is 13.0. The number of rotatable bonds is 2. The Morgan fingerprint density at radius 3 is 2.96 bits per heavy atom. The van der Waals surface area contributed by atoms with Gasteiger partial charge in [-0.2, -0.15) is 0 Å². The third-order valence-corrected chi connectivity index (χ3v) is 7.30. The molecule has 3 aromatic rings. The van der Waals surface area contributed by atoms with Crippen LogP contribution in [0.3, 0.4) is 0 Å². The first-order valence-electron chi connectivity index (χ1n) is 9.95. The molecule has 3 aromatic heterocycles. The van der Waals surface area contributed by atoms with E-state index in [9.17, 15) is 4.79 Å². The molecule has 0 saturated carbocycles. The number of aryl methyl sites for hydroxylation is 1. The number of fused-ring (bicyclic) bond motifs is 5. The van der Waals surface area contributed by atoms with E-state index in [4.69, 9.17) is 4.98 Å². The van der Waals surface area contributed by atoms with Gasteiger partial charge < -0.3 is 9.80 Å². The zero-order chi connectivity index (χ0) is 18.5. The molecule has 1 amide bonds. The highest BCUT2D eigenvalue weighted by molar-refractivity contribution is 7.19. The summed E-state index contributed by atoms with van der Waals surface area (Å²) in [6.45, 7) is 9.13. The summed E-state index contributed by atoms with van der Waals surface area (Å²) in [5, 5.41) is 5.59. The van der Waals surface area contributed by atoms with Gasteiger partial charge in [0.15, 0.2) is 5.65 Å². The first kappa shape index (κ1) is 17.1. The van der Waals surface area contributed by atoms with E-state index in [1.165, 1.54) is 23.3 Å². The second-order valence-electron chi connectivity index (χ2n) is 7.76. The molecule has 142 valence electrons. The second-order valence-corrected chi connectivity index (χ2v) is 8.84. The van der Waals surface area contributed by atoms with Crippen LogP contribution < -0.4 is 4.90 Å². The van der Waals surface area contributed by atoms with E-state index in [2.05, 4.69) is 23.9 Å². The van der Waals surface area contributed by atoms with Crippen molar-refractivity contribution >= 4 is 33.1 Å². The van der Waals surface area contributed by atoms with Crippen LogP contribution in [0.25, 0.3) is 15.9 Å². The van der Waals surface area contributed by atoms with Gasteiger partial charge in [-0.15, -0.1) is 16.4 Å². The summed E-state index contributed by atoms with van der Waals surface area (Å²) in [6.07, 6.45) is 5.26. The van der Waals surface area contributed by atoms with Gasteiger partial charge in [0.2, 0.25) is 5.82 Å². The molecule has 8 heteroatoms. The molecule has 4 heterocycles. The summed E-state index contributed by atoms with van der Waals surface area (Å²) in [7, 11) is 0. The lowest BCUT2D eigenvalue weighted by molar-refractivity contribution is -0.902. The smallest absolute Gasteiger partial charge is 0.293 e. The summed E-state index contributed by atoms with van der Waals surface area (Å²) in [4.78, 5) is 28.1. The van der Waals surface area contributed by atoms with Gasteiger partial charge in [0.25, 0.3) is 5.91 Å². The Balaban J connectivity index is 1.55. The summed E-state index contributed by atoms with van der Waals surface area (Å²) in [6, 6.07) is 0. The number of carbonyl (C=O) groups is 1. The highest BCUT2D eigenvalue weighted by atomic mass is 32.1. The van der Waals surface area contributed by atoms with Crippen LogP contribution in [-0.4, -0.2) is 63.1 Å². The molecule has 0 radical (unpaired) electrons. The highest BCUT2D eigenvalue weighted by Crippen LogP contribution is 2.42. The zero-order valence-corrected chi connectivity index (χ0v) is 16.7. The van der Waals surface area contributed by atoms with Gasteiger partial charge in [0.05, 0.1) is 38.1 Å². The number of amides is 1. The second kappa shape index (κ2) is 6.53. The lowest BCUT2D eigenvalue weighted by Crippen LogP contribution is -3.14. The average Bonchev–Trinajstić information content (AvgIpc) is 3.29. The Morgan fingerprint density at radius 1 is 1.37 bits per heavy atom. The third kappa shape index (κ3) is 2.73. The minimum absolute atomic E-state index is 0.0563. The molecule has 1 atom stereocenters. The SMILES string of the molecule is CC[NH+]1CCN(C(=O)c2nc3c4c5c(sc4ncn3n2)CCC[C@@H]5C)CC1. The van der Waals surface area contributed by atoms with E-state index in [0.29, 0.717) is 11.7 Å². The topological polar surface area (TPSA) is 67.8 Å². The number of quaternary nitrogens is 1. The molecule has 1 aliphatic carbocycles. The molecule has 1 aliphatic heterocycles. The van der Waals surface area contributed by atoms with Crippen LogP contribution in [0.4, 0.5) is 0 Å². The van der Waals surface area contributed by atoms with E-state index >= 15 is 0 Å². The minimum Gasteiger partial charge on any atom is -0.332 e. The number of likely N-dealkylation sites (N-methyl/N-ethyl adjacent to an activating group) is 1. The maximum Gasteiger partial charge on any atom is 0.293 e. The fourth-order valence-electron chi connectivity index (χ4n) is 4.50. The van der Waals surface area contributed by atoms with Crippen LogP contribution in [0.5, 0.6) is 0 Å². The van der Waals surface area contributed by atoms with Crippen molar-refractivity contribution in [1.29, 1.82) is 0 Å². The zero-order valence-electron chi connectivity index (χ0n) is 15.9. The number of thiophene rings is 1. The van der Waals surface area contributed by atoms with Crippen LogP contribution >= 0.6 is 11.3 Å². The quantitative estimate of drug-likeness (QED) is 0.718. The summed E-state index contributed by atoms with van der Waals surface area (Å²) in [5.74, 6) is 0.753. The number of carbonyl (C=O) groups excluding carboxylic acids is 1.